The van der Waals surface area contributed by atoms with Crippen LogP contribution in [0, 0.1) is 5.92 Å². The maximum absolute atomic E-state index is 12.4. The number of fused-ring (bicyclic) bond motifs is 1. The molecule has 0 aliphatic heterocycles. The van der Waals surface area contributed by atoms with Crippen molar-refractivity contribution in [1.82, 2.24) is 4.90 Å². The average Bonchev–Trinajstić information content (AvgIpc) is 3.07. The number of rotatable bonds is 5. The number of carbonyl (C=O) groups is 2. The number of hydrogen-bond acceptors (Lipinski definition) is 2. The lowest BCUT2D eigenvalue weighted by molar-refractivity contribution is -0.132. The molecule has 2 aliphatic rings. The Bertz CT molecular complexity index is 614. The van der Waals surface area contributed by atoms with Crippen molar-refractivity contribution < 1.29 is 9.59 Å². The second kappa shape index (κ2) is 7.50. The van der Waals surface area contributed by atoms with Crippen molar-refractivity contribution in [2.45, 2.75) is 70.8 Å². The van der Waals surface area contributed by atoms with E-state index in [0.717, 1.165) is 37.2 Å². The van der Waals surface area contributed by atoms with Crippen molar-refractivity contribution in [2.75, 3.05) is 7.05 Å². The monoisotopic (exact) mass is 327 g/mol. The first-order valence-corrected chi connectivity index (χ1v) is 9.45. The highest BCUT2D eigenvalue weighted by molar-refractivity contribution is 5.98. The van der Waals surface area contributed by atoms with E-state index >= 15 is 0 Å². The molecule has 3 heteroatoms. The summed E-state index contributed by atoms with van der Waals surface area (Å²) in [7, 11) is 1.91. The van der Waals surface area contributed by atoms with E-state index in [4.69, 9.17) is 0 Å². The number of hydrogen-bond donors (Lipinski definition) is 0. The Morgan fingerprint density at radius 3 is 2.50 bits per heavy atom. The summed E-state index contributed by atoms with van der Waals surface area (Å²) in [5.74, 6) is 0.999. The molecule has 1 amide bonds. The third-order valence-electron chi connectivity index (χ3n) is 5.91. The molecule has 0 spiro atoms. The maximum Gasteiger partial charge on any atom is 0.223 e. The molecule has 0 heterocycles. The fourth-order valence-electron chi connectivity index (χ4n) is 4.12. The van der Waals surface area contributed by atoms with Gasteiger partial charge in [-0.1, -0.05) is 19.1 Å². The highest BCUT2D eigenvalue weighted by Gasteiger charge is 2.25. The van der Waals surface area contributed by atoms with Gasteiger partial charge in [-0.3, -0.25) is 9.59 Å². The van der Waals surface area contributed by atoms with Gasteiger partial charge in [-0.05, 0) is 68.1 Å². The van der Waals surface area contributed by atoms with Crippen molar-refractivity contribution in [1.29, 1.82) is 0 Å². The first-order valence-electron chi connectivity index (χ1n) is 9.45. The summed E-state index contributed by atoms with van der Waals surface area (Å²) < 4.78 is 0. The van der Waals surface area contributed by atoms with Crippen molar-refractivity contribution in [3.63, 3.8) is 0 Å². The van der Waals surface area contributed by atoms with Crippen LogP contribution < -0.4 is 0 Å². The molecule has 1 saturated carbocycles. The molecule has 0 N–H and O–H groups in total. The SMILES string of the molecule is CC1CCC(N(C)C(=O)CCC(=O)c2ccc3c(c2)CCC3)CC1. The lowest BCUT2D eigenvalue weighted by Crippen LogP contribution is -2.39. The van der Waals surface area contributed by atoms with Gasteiger partial charge in [0.05, 0.1) is 0 Å². The second-order valence-electron chi connectivity index (χ2n) is 7.68. The molecule has 24 heavy (non-hydrogen) atoms. The Kier molecular flexibility index (Phi) is 5.37. The molecule has 1 aromatic carbocycles. The minimum atomic E-state index is 0.101. The standard InChI is InChI=1S/C21H29NO2/c1-15-6-10-19(11-7-15)22(2)21(24)13-12-20(23)18-9-8-16-4-3-5-17(16)14-18/h8-9,14-15,19H,3-7,10-13H2,1-2H3. The third kappa shape index (κ3) is 3.88. The third-order valence-corrected chi connectivity index (χ3v) is 5.91. The number of Topliss-reactive ketones (excluding diaryl/α,β-unsaturated/α-hetero) is 1. The highest BCUT2D eigenvalue weighted by atomic mass is 16.2. The van der Waals surface area contributed by atoms with Gasteiger partial charge in [0.2, 0.25) is 5.91 Å². The molecule has 3 rings (SSSR count). The van der Waals surface area contributed by atoms with Gasteiger partial charge in [0.15, 0.2) is 5.78 Å². The zero-order valence-corrected chi connectivity index (χ0v) is 15.0. The average molecular weight is 327 g/mol. The topological polar surface area (TPSA) is 37.4 Å². The molecule has 0 bridgehead atoms. The fraction of sp³-hybridized carbons (Fsp3) is 0.619. The zero-order chi connectivity index (χ0) is 17.1. The lowest BCUT2D eigenvalue weighted by atomic mass is 9.86. The lowest BCUT2D eigenvalue weighted by Gasteiger charge is -2.33. The summed E-state index contributed by atoms with van der Waals surface area (Å²) in [6, 6.07) is 6.43. The van der Waals surface area contributed by atoms with Gasteiger partial charge in [0, 0.05) is 31.5 Å². The van der Waals surface area contributed by atoms with Crippen LogP contribution in [0.5, 0.6) is 0 Å². The van der Waals surface area contributed by atoms with Crippen molar-refractivity contribution in [3.8, 4) is 0 Å². The fourth-order valence-corrected chi connectivity index (χ4v) is 4.12. The normalized spacial score (nSPS) is 22.9. The molecule has 1 aromatic rings. The van der Waals surface area contributed by atoms with Gasteiger partial charge in [-0.25, -0.2) is 0 Å². The second-order valence-corrected chi connectivity index (χ2v) is 7.68. The molecular weight excluding hydrogens is 298 g/mol. The molecule has 3 nitrogen and oxygen atoms in total. The van der Waals surface area contributed by atoms with Crippen LogP contribution in [-0.2, 0) is 17.6 Å². The molecule has 2 aliphatic carbocycles. The van der Waals surface area contributed by atoms with Gasteiger partial charge in [-0.15, -0.1) is 0 Å². The molecular formula is C21H29NO2. The molecule has 0 aromatic heterocycles. The van der Waals surface area contributed by atoms with E-state index in [9.17, 15) is 9.59 Å². The van der Waals surface area contributed by atoms with E-state index in [1.54, 1.807) is 0 Å². The zero-order valence-electron chi connectivity index (χ0n) is 15.0. The van der Waals surface area contributed by atoms with Gasteiger partial charge < -0.3 is 4.90 Å². The van der Waals surface area contributed by atoms with Crippen LogP contribution in [0.15, 0.2) is 18.2 Å². The predicted octanol–water partition coefficient (Wildman–Crippen LogP) is 4.18. The van der Waals surface area contributed by atoms with Crippen LogP contribution in [0.4, 0.5) is 0 Å². The van der Waals surface area contributed by atoms with E-state index < -0.39 is 0 Å². The quantitative estimate of drug-likeness (QED) is 0.761. The first kappa shape index (κ1) is 17.2. The Labute approximate surface area is 145 Å². The van der Waals surface area contributed by atoms with Gasteiger partial charge >= 0.3 is 0 Å². The smallest absolute Gasteiger partial charge is 0.223 e. The molecule has 0 saturated heterocycles. The summed E-state index contributed by atoms with van der Waals surface area (Å²) in [6.07, 6.45) is 8.67. The van der Waals surface area contributed by atoms with E-state index in [2.05, 4.69) is 13.0 Å². The maximum atomic E-state index is 12.4. The summed E-state index contributed by atoms with van der Waals surface area (Å²) >= 11 is 0. The number of benzene rings is 1. The Morgan fingerprint density at radius 2 is 1.75 bits per heavy atom. The van der Waals surface area contributed by atoms with E-state index in [1.165, 1.54) is 30.4 Å². The molecule has 0 radical (unpaired) electrons. The van der Waals surface area contributed by atoms with Gasteiger partial charge in [0.25, 0.3) is 0 Å². The van der Waals surface area contributed by atoms with Crippen LogP contribution in [-0.4, -0.2) is 29.7 Å². The van der Waals surface area contributed by atoms with Crippen molar-refractivity contribution >= 4 is 11.7 Å². The highest BCUT2D eigenvalue weighted by Crippen LogP contribution is 2.27. The van der Waals surface area contributed by atoms with Crippen LogP contribution in [0.25, 0.3) is 0 Å². The van der Waals surface area contributed by atoms with Gasteiger partial charge in [-0.2, -0.15) is 0 Å². The minimum Gasteiger partial charge on any atom is -0.343 e. The van der Waals surface area contributed by atoms with Crippen molar-refractivity contribution in [3.05, 3.63) is 34.9 Å². The molecule has 130 valence electrons. The largest absolute Gasteiger partial charge is 0.343 e. The Morgan fingerprint density at radius 1 is 1.04 bits per heavy atom. The van der Waals surface area contributed by atoms with Gasteiger partial charge in [0.1, 0.15) is 0 Å². The number of carbonyl (C=O) groups excluding carboxylic acids is 2. The van der Waals surface area contributed by atoms with E-state index in [0.29, 0.717) is 18.9 Å². The number of ketones is 1. The summed E-state index contributed by atoms with van der Waals surface area (Å²) in [5.41, 5.74) is 3.48. The first-order chi connectivity index (χ1) is 11.5. The van der Waals surface area contributed by atoms with Crippen LogP contribution in [0.1, 0.15) is 73.4 Å². The Hall–Kier alpha value is -1.64. The summed E-state index contributed by atoms with van der Waals surface area (Å²) in [4.78, 5) is 26.7. The Balaban J connectivity index is 1.51. The minimum absolute atomic E-state index is 0.101. The molecule has 0 atom stereocenters. The number of nitrogens with zero attached hydrogens (tertiary/aromatic N) is 1. The van der Waals surface area contributed by atoms with Crippen LogP contribution >= 0.6 is 0 Å². The van der Waals surface area contributed by atoms with Crippen LogP contribution in [0.2, 0.25) is 0 Å². The van der Waals surface area contributed by atoms with E-state index in [1.807, 2.05) is 24.1 Å². The summed E-state index contributed by atoms with van der Waals surface area (Å²) in [5, 5.41) is 0. The molecule has 0 unspecified atom stereocenters. The summed E-state index contributed by atoms with van der Waals surface area (Å²) in [6.45, 7) is 2.29. The van der Waals surface area contributed by atoms with Crippen molar-refractivity contribution in [2.24, 2.45) is 5.92 Å². The molecule has 1 fully saturated rings. The predicted molar refractivity (Wildman–Crippen MR) is 96.2 cm³/mol. The van der Waals surface area contributed by atoms with Crippen LogP contribution in [0.3, 0.4) is 0 Å². The van der Waals surface area contributed by atoms with E-state index in [-0.39, 0.29) is 11.7 Å². The number of aryl methyl sites for hydroxylation is 2. The number of amides is 1.